The van der Waals surface area contributed by atoms with Crippen LogP contribution in [0.4, 0.5) is 10.6 Å². The molecule has 1 fully saturated rings. The van der Waals surface area contributed by atoms with Crippen molar-refractivity contribution in [2.45, 2.75) is 71.9 Å². The maximum atomic E-state index is 12.6. The van der Waals surface area contributed by atoms with Gasteiger partial charge in [0.2, 0.25) is 0 Å². The molecule has 0 bridgehead atoms. The van der Waals surface area contributed by atoms with E-state index in [1.54, 1.807) is 29.0 Å². The first-order valence-corrected chi connectivity index (χ1v) is 16.1. The van der Waals surface area contributed by atoms with E-state index >= 15 is 0 Å². The monoisotopic (exact) mass is 876 g/mol. The van der Waals surface area contributed by atoms with Crippen molar-refractivity contribution >= 4 is 35.0 Å². The second kappa shape index (κ2) is 19.1. The Morgan fingerprint density at radius 3 is 2.72 bits per heavy atom. The van der Waals surface area contributed by atoms with Gasteiger partial charge in [-0.3, -0.25) is 19.4 Å². The van der Waals surface area contributed by atoms with Crippen molar-refractivity contribution in [3.8, 4) is 0 Å². The molecule has 12 nitrogen and oxygen atoms in total. The molecule has 3 unspecified atom stereocenters. The van der Waals surface area contributed by atoms with Crippen molar-refractivity contribution in [3.63, 3.8) is 0 Å². The number of carbonyl (C=O) groups is 1. The van der Waals surface area contributed by atoms with Gasteiger partial charge in [-0.25, -0.2) is 25.7 Å². The van der Waals surface area contributed by atoms with Crippen molar-refractivity contribution in [2.75, 3.05) is 25.4 Å². The maximum absolute atomic E-state index is 12.6. The Bertz CT molecular complexity index is 1400. The molecule has 0 radical (unpaired) electrons. The summed E-state index contributed by atoms with van der Waals surface area (Å²) in [7, 11) is 0. The molecule has 4 rings (SSSR count). The molecule has 248 valence electrons. The van der Waals surface area contributed by atoms with E-state index in [4.69, 9.17) is 16.9 Å². The number of nitrogens with one attached hydrogen (secondary N) is 3. The average molecular weight is 877 g/mol. The summed E-state index contributed by atoms with van der Waals surface area (Å²) in [5, 5.41) is 13.9. The molecule has 0 spiro atoms. The summed E-state index contributed by atoms with van der Waals surface area (Å²) in [6.45, 7) is 8.86. The van der Waals surface area contributed by atoms with Gasteiger partial charge in [-0.1, -0.05) is 33.3 Å². The number of hydrogen-bond donors (Lipinski definition) is 5. The number of benzene rings is 1. The summed E-state index contributed by atoms with van der Waals surface area (Å²) in [4.78, 5) is 18.9. The van der Waals surface area contributed by atoms with Gasteiger partial charge < -0.3 is 21.3 Å². The number of aliphatic imine (C=N–C) groups is 1. The summed E-state index contributed by atoms with van der Waals surface area (Å²) in [5.41, 5.74) is 14.4. The zero-order valence-electron chi connectivity index (χ0n) is 27.0. The van der Waals surface area contributed by atoms with Crippen molar-refractivity contribution in [2.24, 2.45) is 16.1 Å². The van der Waals surface area contributed by atoms with Crippen LogP contribution in [0.25, 0.3) is 0 Å². The molecule has 2 heterocycles. The molecule has 2 aliphatic rings. The third-order valence-corrected chi connectivity index (χ3v) is 7.94. The van der Waals surface area contributed by atoms with Crippen LogP contribution in [0.15, 0.2) is 59.4 Å². The van der Waals surface area contributed by atoms with E-state index in [2.05, 4.69) is 44.1 Å². The molecule has 0 saturated carbocycles. The van der Waals surface area contributed by atoms with Gasteiger partial charge in [0.15, 0.2) is 0 Å². The number of rotatable bonds is 6. The summed E-state index contributed by atoms with van der Waals surface area (Å²) in [5.74, 6) is 1.29. The summed E-state index contributed by atoms with van der Waals surface area (Å²) >= 11 is -2.60. The first-order chi connectivity index (χ1) is 21.4. The molecule has 46 heavy (non-hydrogen) atoms. The number of amides is 2. The molecule has 2 amide bonds. The smallest absolute Gasteiger partial charge is 0.750 e. The van der Waals surface area contributed by atoms with Crippen molar-refractivity contribution in [3.05, 3.63) is 78.0 Å². The van der Waals surface area contributed by atoms with Gasteiger partial charge in [0.1, 0.15) is 11.7 Å². The fourth-order valence-electron chi connectivity index (χ4n) is 4.93. The number of hydrogen-bond acceptors (Lipinski definition) is 8. The fourth-order valence-corrected chi connectivity index (χ4v) is 5.14. The first-order valence-electron chi connectivity index (χ1n) is 15.1. The molecule has 3 atom stereocenters. The summed E-state index contributed by atoms with van der Waals surface area (Å²) in [6, 6.07) is 14.3. The van der Waals surface area contributed by atoms with Crippen molar-refractivity contribution in [1.82, 2.24) is 15.5 Å². The Labute approximate surface area is 299 Å². The zero-order chi connectivity index (χ0) is 33.0. The van der Waals surface area contributed by atoms with E-state index in [9.17, 15) is 13.6 Å². The van der Waals surface area contributed by atoms with Gasteiger partial charge in [-0.15, -0.1) is 23.8 Å². The molecule has 2 aromatic rings. The molecule has 1 aromatic carbocycles. The predicted octanol–water partition coefficient (Wildman–Crippen LogP) is 3.48. The molecule has 14 heteroatoms. The van der Waals surface area contributed by atoms with Crippen LogP contribution in [-0.4, -0.2) is 57.2 Å². The molecule has 1 aliphatic carbocycles. The van der Waals surface area contributed by atoms with E-state index in [1.165, 1.54) is 6.42 Å². The van der Waals surface area contributed by atoms with Crippen LogP contribution in [-0.2, 0) is 15.5 Å². The number of allylic oxidation sites excluding steroid dienone is 1. The largest absolute Gasteiger partial charge is 2.00 e. The first kappa shape index (κ1) is 39.3. The molecule has 1 aromatic heterocycles. The third-order valence-electron chi connectivity index (χ3n) is 7.58. The summed E-state index contributed by atoms with van der Waals surface area (Å²) < 4.78 is 27.1. The Morgan fingerprint density at radius 2 is 2.04 bits per heavy atom. The second-order valence-electron chi connectivity index (χ2n) is 12.0. The Kier molecular flexibility index (Phi) is 16.3. The third kappa shape index (κ3) is 12.4. The quantitative estimate of drug-likeness (QED) is 0.0735. The van der Waals surface area contributed by atoms with Gasteiger partial charge in [0.25, 0.3) is 0 Å². The minimum atomic E-state index is -2.60. The van der Waals surface area contributed by atoms with E-state index in [-0.39, 0.29) is 61.6 Å². The van der Waals surface area contributed by atoms with Gasteiger partial charge in [-0.2, -0.15) is 23.5 Å². The van der Waals surface area contributed by atoms with Crippen molar-refractivity contribution in [1.29, 1.82) is 5.41 Å². The molecule has 1 saturated heterocycles. The Balaban J connectivity index is 0.000000365. The standard InChI is InChI=1S/C20H29N4O4S.C12H17N4.U/c1-20(2,3)17(21)13-18(22-11-12-28-29(26)27)24-19(25)23-16-10-6-8-14-7-4-5-9-15(14)16;1-10-6-2-4-8-15(10)12(14)16-9-5-3-7-11(16)13;/h4-5,7-9,13,16H,6,10-12,21H2,1-3H3,(H,26,27)(H2,22,23,24,25);3,7,9-10,13-14H,2,4,6,8H2,1H3;/q2*-1;+2. The Hall–Kier alpha value is -2.89. The van der Waals surface area contributed by atoms with Gasteiger partial charge in [-0.05, 0) is 44.9 Å². The van der Waals surface area contributed by atoms with Crippen LogP contribution in [0.2, 0.25) is 0 Å². The minimum absolute atomic E-state index is 0. The topological polar surface area (TPSA) is 186 Å². The number of carbonyl (C=O) groups excluding carboxylic acids is 1. The number of amidine groups is 1. The number of likely N-dealkylation sites (tertiary alicyclic amines) is 1. The minimum Gasteiger partial charge on any atom is -0.750 e. The number of aromatic nitrogens is 1. The predicted molar refractivity (Wildman–Crippen MR) is 175 cm³/mol. The van der Waals surface area contributed by atoms with Crippen LogP contribution >= 0.6 is 0 Å². The van der Waals surface area contributed by atoms with Gasteiger partial charge in [0.05, 0.1) is 37.1 Å². The fraction of sp³-hybridized carbons (Fsp3) is 0.469. The van der Waals surface area contributed by atoms with Gasteiger partial charge in [0, 0.05) is 17.2 Å². The van der Waals surface area contributed by atoms with Crippen LogP contribution in [0.5, 0.6) is 0 Å². The van der Waals surface area contributed by atoms with E-state index in [1.807, 2.05) is 45.0 Å². The van der Waals surface area contributed by atoms with Crippen LogP contribution in [0.3, 0.4) is 0 Å². The number of anilines is 1. The number of piperidine rings is 1. The Morgan fingerprint density at radius 1 is 1.30 bits per heavy atom. The molecular formula is C32H46N8O4SU. The number of nitrogen functional groups attached to an aromatic ring is 1. The van der Waals surface area contributed by atoms with Crippen LogP contribution < -0.4 is 26.7 Å². The number of pyridine rings is 1. The van der Waals surface area contributed by atoms with Crippen LogP contribution in [0, 0.1) is 54.4 Å². The summed E-state index contributed by atoms with van der Waals surface area (Å²) in [6.07, 6.45) is 10.7. The van der Waals surface area contributed by atoms with Crippen molar-refractivity contribution < 1.29 is 53.4 Å². The normalized spacial score (nSPS) is 18.8. The number of nitrogens with two attached hydrogens (primary N) is 2. The number of urea groups is 1. The average Bonchev–Trinajstić information content (AvgIpc) is 2.99. The number of fused-ring (bicyclic) bond motifs is 1. The molecule has 1 aliphatic heterocycles. The second-order valence-corrected chi connectivity index (χ2v) is 12.6. The van der Waals surface area contributed by atoms with E-state index in [0.29, 0.717) is 23.5 Å². The number of nitrogens with zero attached hydrogens (tertiary/aromatic N) is 3. The molecule has 7 N–H and O–H groups in total. The van der Waals surface area contributed by atoms with Gasteiger partial charge >= 0.3 is 43.1 Å². The van der Waals surface area contributed by atoms with E-state index in [0.717, 1.165) is 43.4 Å². The van der Waals surface area contributed by atoms with Crippen LogP contribution in [0.1, 0.15) is 77.0 Å². The van der Waals surface area contributed by atoms with E-state index < -0.39 is 17.4 Å². The maximum Gasteiger partial charge on any atom is 2.00 e. The molecular weight excluding hydrogens is 831 g/mol. The zero-order valence-corrected chi connectivity index (χ0v) is 32.0. The SMILES string of the molecule is CC(C)(C)C(N)=CC(=NCCOS(=O)[O-])NC(=O)NC1CC[CH-]c2ccccc21.CC1CCCCN1C(=N)[n+]1c[c-]ccc1N.[U+2].